The Morgan fingerprint density at radius 2 is 2.38 bits per heavy atom. The Kier molecular flexibility index (Phi) is 8.18. The van der Waals surface area contributed by atoms with Gasteiger partial charge in [0, 0.05) is 24.9 Å². The van der Waals surface area contributed by atoms with Crippen LogP contribution in [0.2, 0.25) is 0 Å². The maximum absolute atomic E-state index is 7.39. The van der Waals surface area contributed by atoms with Gasteiger partial charge >= 0.3 is 0 Å². The summed E-state index contributed by atoms with van der Waals surface area (Å²) in [6, 6.07) is 1.75. The quantitative estimate of drug-likeness (QED) is 0.223. The van der Waals surface area contributed by atoms with Gasteiger partial charge < -0.3 is 15.8 Å². The van der Waals surface area contributed by atoms with Crippen molar-refractivity contribution in [2.24, 2.45) is 10.7 Å². The summed E-state index contributed by atoms with van der Waals surface area (Å²) in [6.07, 6.45) is 4.10. The van der Waals surface area contributed by atoms with Crippen LogP contribution in [0.4, 0.5) is 5.82 Å². The third kappa shape index (κ3) is 7.50. The number of thioether (sulfide) groups is 1. The van der Waals surface area contributed by atoms with E-state index in [0.717, 1.165) is 18.6 Å². The number of hydrogen-bond acceptors (Lipinski definition) is 6. The smallest absolute Gasteiger partial charge is 0.194 e. The van der Waals surface area contributed by atoms with Crippen molar-refractivity contribution in [3.63, 3.8) is 0 Å². The molecule has 7 nitrogen and oxygen atoms in total. The fourth-order valence-corrected chi connectivity index (χ4v) is 2.15. The van der Waals surface area contributed by atoms with Crippen LogP contribution in [0, 0.1) is 5.41 Å². The van der Waals surface area contributed by atoms with E-state index in [4.69, 9.17) is 15.9 Å². The second-order valence-electron chi connectivity index (χ2n) is 4.20. The number of methoxy groups -OCH3 is 1. The van der Waals surface area contributed by atoms with Gasteiger partial charge in [0.1, 0.15) is 5.82 Å². The molecule has 116 valence electrons. The van der Waals surface area contributed by atoms with Crippen LogP contribution >= 0.6 is 11.8 Å². The Morgan fingerprint density at radius 1 is 1.57 bits per heavy atom. The minimum Gasteiger partial charge on any atom is -0.484 e. The molecule has 8 heteroatoms. The van der Waals surface area contributed by atoms with Gasteiger partial charge in [0.2, 0.25) is 0 Å². The first kappa shape index (κ1) is 17.2. The molecule has 0 spiro atoms. The third-order valence-electron chi connectivity index (χ3n) is 2.42. The molecule has 0 unspecified atom stereocenters. The lowest BCUT2D eigenvalue weighted by Crippen LogP contribution is -2.23. The van der Waals surface area contributed by atoms with Gasteiger partial charge in [0.05, 0.1) is 7.11 Å². The summed E-state index contributed by atoms with van der Waals surface area (Å²) in [6.45, 7) is 2.73. The van der Waals surface area contributed by atoms with E-state index >= 15 is 0 Å². The van der Waals surface area contributed by atoms with Gasteiger partial charge in [-0.2, -0.15) is 0 Å². The lowest BCUT2D eigenvalue weighted by molar-refractivity contribution is 0.385. The zero-order valence-electron chi connectivity index (χ0n) is 12.4. The van der Waals surface area contributed by atoms with Gasteiger partial charge in [-0.25, -0.2) is 9.97 Å². The third-order valence-corrected chi connectivity index (χ3v) is 3.37. The number of aliphatic imine (C=N–C) groups is 1. The predicted octanol–water partition coefficient (Wildman–Crippen LogP) is 2.11. The molecule has 1 aromatic heterocycles. The number of hydrogen-bond donors (Lipinski definition) is 3. The zero-order valence-corrected chi connectivity index (χ0v) is 13.2. The van der Waals surface area contributed by atoms with Gasteiger partial charge in [0.25, 0.3) is 0 Å². The van der Waals surface area contributed by atoms with Crippen LogP contribution in [-0.2, 0) is 4.74 Å². The molecular formula is C13H22N6OS. The van der Waals surface area contributed by atoms with Crippen LogP contribution < -0.4 is 11.1 Å². The number of nitrogens with zero attached hydrogens (tertiary/aromatic N) is 3. The Hall–Kier alpha value is -1.83. The van der Waals surface area contributed by atoms with Crippen molar-refractivity contribution < 1.29 is 4.74 Å². The molecule has 0 atom stereocenters. The molecule has 0 radical (unpaired) electrons. The van der Waals surface area contributed by atoms with E-state index in [0.29, 0.717) is 35.8 Å². The maximum Gasteiger partial charge on any atom is 0.194 e. The molecule has 1 rings (SSSR count). The molecule has 0 saturated carbocycles. The van der Waals surface area contributed by atoms with E-state index < -0.39 is 0 Å². The Morgan fingerprint density at radius 3 is 3.10 bits per heavy atom. The predicted molar refractivity (Wildman–Crippen MR) is 87.1 cm³/mol. The van der Waals surface area contributed by atoms with Gasteiger partial charge in [-0.05, 0) is 18.9 Å². The molecule has 0 saturated heterocycles. The fourth-order valence-electron chi connectivity index (χ4n) is 1.38. The van der Waals surface area contributed by atoms with Crippen LogP contribution in [0.15, 0.2) is 22.4 Å². The van der Waals surface area contributed by atoms with Crippen molar-refractivity contribution in [3.8, 4) is 0 Å². The number of anilines is 1. The van der Waals surface area contributed by atoms with Gasteiger partial charge in [-0.15, -0.1) is 0 Å². The monoisotopic (exact) mass is 310 g/mol. The van der Waals surface area contributed by atoms with Crippen molar-refractivity contribution in [3.05, 3.63) is 12.3 Å². The summed E-state index contributed by atoms with van der Waals surface area (Å²) in [5.74, 6) is 2.12. The molecule has 0 aliphatic carbocycles. The van der Waals surface area contributed by atoms with Crippen LogP contribution in [0.1, 0.15) is 26.2 Å². The molecule has 0 aliphatic rings. The SMILES string of the molecule is CCCN=C(N)Nc1ccnc(SCCCC(=N)OC)n1. The summed E-state index contributed by atoms with van der Waals surface area (Å²) in [5, 5.41) is 11.0. The molecule has 4 N–H and O–H groups in total. The van der Waals surface area contributed by atoms with E-state index in [1.54, 1.807) is 12.3 Å². The molecule has 0 bridgehead atoms. The molecule has 0 fully saturated rings. The highest BCUT2D eigenvalue weighted by Crippen LogP contribution is 2.16. The van der Waals surface area contributed by atoms with Crippen molar-refractivity contribution in [2.45, 2.75) is 31.3 Å². The van der Waals surface area contributed by atoms with E-state index in [1.807, 2.05) is 6.92 Å². The van der Waals surface area contributed by atoms with Crippen molar-refractivity contribution in [1.29, 1.82) is 5.41 Å². The molecule has 0 aromatic carbocycles. The maximum atomic E-state index is 7.39. The van der Waals surface area contributed by atoms with Crippen molar-refractivity contribution in [1.82, 2.24) is 9.97 Å². The molecular weight excluding hydrogens is 288 g/mol. The van der Waals surface area contributed by atoms with E-state index in [2.05, 4.69) is 20.3 Å². The Bertz CT molecular complexity index is 479. The minimum absolute atomic E-state index is 0.298. The average molecular weight is 310 g/mol. The van der Waals surface area contributed by atoms with Gasteiger partial charge in [-0.1, -0.05) is 18.7 Å². The molecule has 21 heavy (non-hydrogen) atoms. The number of ether oxygens (including phenoxy) is 1. The summed E-state index contributed by atoms with van der Waals surface area (Å²) in [5.41, 5.74) is 5.75. The van der Waals surface area contributed by atoms with Crippen LogP contribution in [0.5, 0.6) is 0 Å². The fraction of sp³-hybridized carbons (Fsp3) is 0.538. The van der Waals surface area contributed by atoms with Crippen LogP contribution in [-0.4, -0.2) is 41.2 Å². The topological polar surface area (TPSA) is 109 Å². The first-order valence-electron chi connectivity index (χ1n) is 6.80. The summed E-state index contributed by atoms with van der Waals surface area (Å²) >= 11 is 1.54. The van der Waals surface area contributed by atoms with Crippen molar-refractivity contribution in [2.75, 3.05) is 24.7 Å². The van der Waals surface area contributed by atoms with E-state index in [1.165, 1.54) is 18.9 Å². The number of nitrogens with one attached hydrogen (secondary N) is 2. The van der Waals surface area contributed by atoms with Crippen LogP contribution in [0.3, 0.4) is 0 Å². The summed E-state index contributed by atoms with van der Waals surface area (Å²) in [7, 11) is 1.51. The van der Waals surface area contributed by atoms with E-state index in [9.17, 15) is 0 Å². The van der Waals surface area contributed by atoms with E-state index in [-0.39, 0.29) is 0 Å². The number of aromatic nitrogens is 2. The second-order valence-corrected chi connectivity index (χ2v) is 5.26. The zero-order chi connectivity index (χ0) is 15.5. The molecule has 0 amide bonds. The summed E-state index contributed by atoms with van der Waals surface area (Å²) in [4.78, 5) is 12.7. The van der Waals surface area contributed by atoms with Gasteiger partial charge in [0.15, 0.2) is 17.0 Å². The molecule has 0 aliphatic heterocycles. The second kappa shape index (κ2) is 9.98. The Balaban J connectivity index is 2.43. The standard InChI is InChI=1S/C13H22N6OS/c1-3-7-16-12(15)18-11-6-8-17-13(19-11)21-9-4-5-10(14)20-2/h6,8,14H,3-5,7,9H2,1-2H3,(H3,15,16,17,18,19). The number of rotatable bonds is 8. The highest BCUT2D eigenvalue weighted by atomic mass is 32.2. The lowest BCUT2D eigenvalue weighted by Gasteiger charge is -2.06. The highest BCUT2D eigenvalue weighted by molar-refractivity contribution is 7.99. The number of nitrogens with two attached hydrogens (primary N) is 1. The first-order valence-corrected chi connectivity index (χ1v) is 7.78. The average Bonchev–Trinajstić information content (AvgIpc) is 2.49. The number of guanidine groups is 1. The highest BCUT2D eigenvalue weighted by Gasteiger charge is 2.02. The summed E-state index contributed by atoms with van der Waals surface area (Å²) < 4.78 is 4.80. The first-order chi connectivity index (χ1) is 10.2. The Labute approximate surface area is 129 Å². The normalized spacial score (nSPS) is 11.2. The largest absolute Gasteiger partial charge is 0.484 e. The molecule has 1 aromatic rings. The van der Waals surface area contributed by atoms with Gasteiger partial charge in [-0.3, -0.25) is 10.4 Å². The van der Waals surface area contributed by atoms with Crippen molar-refractivity contribution >= 4 is 29.4 Å². The van der Waals surface area contributed by atoms with Crippen LogP contribution in [0.25, 0.3) is 0 Å². The molecule has 1 heterocycles. The lowest BCUT2D eigenvalue weighted by atomic mass is 10.3. The minimum atomic E-state index is 0.298.